The van der Waals surface area contributed by atoms with Gasteiger partial charge in [0.2, 0.25) is 0 Å². The molecule has 0 aliphatic carbocycles. The summed E-state index contributed by atoms with van der Waals surface area (Å²) in [5.41, 5.74) is 3.97. The fourth-order valence-corrected chi connectivity index (χ4v) is 8.76. The normalized spacial score (nSPS) is 26.2. The van der Waals surface area contributed by atoms with Gasteiger partial charge in [-0.05, 0) is 67.7 Å². The highest BCUT2D eigenvalue weighted by atomic mass is 16.8. The van der Waals surface area contributed by atoms with Crippen LogP contribution in [0.1, 0.15) is 74.6 Å². The summed E-state index contributed by atoms with van der Waals surface area (Å²) in [6.45, 7) is 8.95. The Hall–Kier alpha value is -5.02. The SMILES string of the molecule is C=CCC(C/C=C/C[C@H]1O[C@H](COC(=O)CCCC(=O)O)[C@@H](OCc2ccccc2)[C@H](OCc2ccccc2)[C@H]1OCc1ccccc1)[C@H]1O[C@@H]2OC(C)(C)O[C@@H]2[C@H]1OCc1ccccc1. The van der Waals surface area contributed by atoms with E-state index in [9.17, 15) is 9.59 Å². The van der Waals surface area contributed by atoms with Crippen LogP contribution in [0.2, 0.25) is 0 Å². The van der Waals surface area contributed by atoms with Crippen LogP contribution >= 0.6 is 0 Å². The number of carbonyl (C=O) groups excluding carboxylic acids is 1. The summed E-state index contributed by atoms with van der Waals surface area (Å²) in [6, 6.07) is 39.7. The minimum atomic E-state index is -0.971. The van der Waals surface area contributed by atoms with Crippen LogP contribution in [-0.4, -0.2) is 84.6 Å². The molecule has 0 radical (unpaired) electrons. The molecular weight excluding hydrogens is 841 g/mol. The Bertz CT molecular complexity index is 2100. The summed E-state index contributed by atoms with van der Waals surface area (Å²) in [7, 11) is 0. The molecule has 0 amide bonds. The van der Waals surface area contributed by atoms with Crippen LogP contribution in [-0.2, 0) is 78.6 Å². The number of carbonyl (C=O) groups is 2. The lowest BCUT2D eigenvalue weighted by molar-refractivity contribution is -0.270. The molecule has 0 aromatic heterocycles. The average molecular weight is 905 g/mol. The largest absolute Gasteiger partial charge is 0.481 e. The number of hydrogen-bond acceptors (Lipinski definition) is 11. The molecule has 0 saturated carbocycles. The van der Waals surface area contributed by atoms with Gasteiger partial charge in [-0.15, -0.1) is 6.58 Å². The second-order valence-corrected chi connectivity index (χ2v) is 17.5. The van der Waals surface area contributed by atoms with E-state index in [1.165, 1.54) is 0 Å². The lowest BCUT2D eigenvalue weighted by atomic mass is 9.89. The van der Waals surface area contributed by atoms with Crippen molar-refractivity contribution < 1.29 is 57.3 Å². The summed E-state index contributed by atoms with van der Waals surface area (Å²) in [5, 5.41) is 9.16. The fourth-order valence-electron chi connectivity index (χ4n) is 8.76. The highest BCUT2D eigenvalue weighted by Gasteiger charge is 2.57. The van der Waals surface area contributed by atoms with Crippen LogP contribution in [0.3, 0.4) is 0 Å². The lowest BCUT2D eigenvalue weighted by Gasteiger charge is -2.46. The summed E-state index contributed by atoms with van der Waals surface area (Å²) in [5.74, 6) is -2.30. The van der Waals surface area contributed by atoms with E-state index in [1.54, 1.807) is 0 Å². The maximum atomic E-state index is 13.0. The van der Waals surface area contributed by atoms with E-state index in [4.69, 9.17) is 47.7 Å². The summed E-state index contributed by atoms with van der Waals surface area (Å²) in [6.07, 6.45) is 2.92. The van der Waals surface area contributed by atoms with Crippen LogP contribution in [0.25, 0.3) is 0 Å². The van der Waals surface area contributed by atoms with Gasteiger partial charge >= 0.3 is 11.9 Å². The summed E-state index contributed by atoms with van der Waals surface area (Å²) < 4.78 is 59.0. The molecule has 3 heterocycles. The van der Waals surface area contributed by atoms with Gasteiger partial charge in [0.05, 0.1) is 38.6 Å². The van der Waals surface area contributed by atoms with Crippen molar-refractivity contribution in [3.8, 4) is 0 Å². The second kappa shape index (κ2) is 24.7. The molecule has 3 fully saturated rings. The third kappa shape index (κ3) is 14.2. The van der Waals surface area contributed by atoms with Gasteiger partial charge in [0.15, 0.2) is 12.1 Å². The molecule has 0 bridgehead atoms. The highest BCUT2D eigenvalue weighted by Crippen LogP contribution is 2.43. The molecule has 4 aromatic rings. The van der Waals surface area contributed by atoms with Crippen LogP contribution in [0, 0.1) is 5.92 Å². The van der Waals surface area contributed by atoms with Crippen molar-refractivity contribution in [2.75, 3.05) is 6.61 Å². The molecular formula is C54H64O12. The molecule has 10 atom stereocenters. The summed E-state index contributed by atoms with van der Waals surface area (Å²) >= 11 is 0. The molecule has 12 heteroatoms. The number of allylic oxidation sites excluding steroid dienone is 2. The Balaban J connectivity index is 1.14. The maximum Gasteiger partial charge on any atom is 0.305 e. The monoisotopic (exact) mass is 904 g/mol. The van der Waals surface area contributed by atoms with E-state index in [-0.39, 0.29) is 57.2 Å². The molecule has 7 rings (SSSR count). The van der Waals surface area contributed by atoms with Gasteiger partial charge in [-0.3, -0.25) is 9.59 Å². The minimum Gasteiger partial charge on any atom is -0.481 e. The first-order valence-electron chi connectivity index (χ1n) is 23.1. The quantitative estimate of drug-likeness (QED) is 0.0501. The van der Waals surface area contributed by atoms with Gasteiger partial charge < -0.3 is 47.7 Å². The third-order valence-corrected chi connectivity index (χ3v) is 12.0. The van der Waals surface area contributed by atoms with Crippen molar-refractivity contribution in [3.05, 3.63) is 168 Å². The van der Waals surface area contributed by atoms with Crippen molar-refractivity contribution in [2.45, 2.75) is 140 Å². The van der Waals surface area contributed by atoms with Crippen LogP contribution in [0.5, 0.6) is 0 Å². The average Bonchev–Trinajstić information content (AvgIpc) is 3.81. The summed E-state index contributed by atoms with van der Waals surface area (Å²) in [4.78, 5) is 24.2. The van der Waals surface area contributed by atoms with Gasteiger partial charge in [0.1, 0.15) is 43.2 Å². The standard InChI is InChI=1S/C54H64O12/c1-4-20-42(47-50(61-35-40-25-13-7-14-26-40)52-53(64-47)66-54(2,3)65-52)29-17-18-30-43-48(59-33-38-21-9-5-10-22-38)51(62-36-41-27-15-8-16-28-41)49(60-34-39-23-11-6-12-24-39)44(63-43)37-58-46(57)32-19-31-45(55)56/h4-18,21-28,42-44,47-53H,1,19-20,29-37H2,2-3H3,(H,55,56)/b18-17+/t42?,43-,44-,47-,48+,49-,50+,51-,52-,53-/m1/s1. The molecule has 0 spiro atoms. The first-order chi connectivity index (χ1) is 32.2. The number of aliphatic carboxylic acids is 1. The first kappa shape index (κ1) is 48.9. The number of rotatable bonds is 25. The Morgan fingerprint density at radius 3 is 1.65 bits per heavy atom. The van der Waals surface area contributed by atoms with Gasteiger partial charge in [-0.1, -0.05) is 140 Å². The number of esters is 1. The highest BCUT2D eigenvalue weighted by molar-refractivity contribution is 5.71. The number of carboxylic acid groups (broad SMARTS) is 1. The van der Waals surface area contributed by atoms with Gasteiger partial charge in [-0.25, -0.2) is 0 Å². The van der Waals surface area contributed by atoms with Crippen molar-refractivity contribution in [1.29, 1.82) is 0 Å². The number of benzene rings is 4. The number of ether oxygens (including phenoxy) is 9. The van der Waals surface area contributed by atoms with E-state index in [2.05, 4.69) is 18.7 Å². The van der Waals surface area contributed by atoms with Gasteiger partial charge in [0.25, 0.3) is 0 Å². The predicted molar refractivity (Wildman–Crippen MR) is 247 cm³/mol. The zero-order valence-electron chi connectivity index (χ0n) is 38.0. The number of hydrogen-bond donors (Lipinski definition) is 1. The molecule has 66 heavy (non-hydrogen) atoms. The van der Waals surface area contributed by atoms with Crippen molar-refractivity contribution >= 4 is 11.9 Å². The Kier molecular flexibility index (Phi) is 18.3. The topological polar surface area (TPSA) is 137 Å². The van der Waals surface area contributed by atoms with E-state index in [0.717, 1.165) is 22.3 Å². The van der Waals surface area contributed by atoms with E-state index >= 15 is 0 Å². The van der Waals surface area contributed by atoms with Crippen LogP contribution < -0.4 is 0 Å². The third-order valence-electron chi connectivity index (χ3n) is 12.0. The molecule has 3 aliphatic rings. The van der Waals surface area contributed by atoms with Crippen molar-refractivity contribution in [3.63, 3.8) is 0 Å². The van der Waals surface area contributed by atoms with E-state index in [1.807, 2.05) is 141 Å². The second-order valence-electron chi connectivity index (χ2n) is 17.5. The number of fused-ring (bicyclic) bond motifs is 1. The molecule has 3 aliphatic heterocycles. The fraction of sp³-hybridized carbons (Fsp3) is 0.444. The Morgan fingerprint density at radius 1 is 0.636 bits per heavy atom. The molecule has 1 N–H and O–H groups in total. The van der Waals surface area contributed by atoms with Gasteiger partial charge in [-0.2, -0.15) is 0 Å². The molecule has 1 unspecified atom stereocenters. The van der Waals surface area contributed by atoms with Crippen molar-refractivity contribution in [1.82, 2.24) is 0 Å². The van der Waals surface area contributed by atoms with Crippen LogP contribution in [0.4, 0.5) is 0 Å². The maximum absolute atomic E-state index is 13.0. The zero-order chi connectivity index (χ0) is 46.1. The number of carboxylic acids is 1. The minimum absolute atomic E-state index is 0.0103. The van der Waals surface area contributed by atoms with Crippen LogP contribution in [0.15, 0.2) is 146 Å². The Morgan fingerprint density at radius 2 is 1.14 bits per heavy atom. The van der Waals surface area contributed by atoms with E-state index < -0.39 is 60.6 Å². The Labute approximate surface area is 388 Å². The van der Waals surface area contributed by atoms with E-state index in [0.29, 0.717) is 32.5 Å². The molecule has 3 saturated heterocycles. The first-order valence-corrected chi connectivity index (χ1v) is 23.1. The van der Waals surface area contributed by atoms with Gasteiger partial charge in [0, 0.05) is 12.8 Å². The smallest absolute Gasteiger partial charge is 0.305 e. The lowest BCUT2D eigenvalue weighted by Crippen LogP contribution is -2.61. The molecule has 4 aromatic carbocycles. The molecule has 12 nitrogen and oxygen atoms in total. The zero-order valence-corrected chi connectivity index (χ0v) is 38.0. The molecule has 352 valence electrons. The predicted octanol–water partition coefficient (Wildman–Crippen LogP) is 9.30. The van der Waals surface area contributed by atoms with Crippen molar-refractivity contribution in [2.24, 2.45) is 5.92 Å².